The van der Waals surface area contributed by atoms with E-state index in [0.29, 0.717) is 12.2 Å². The van der Waals surface area contributed by atoms with E-state index in [1.807, 2.05) is 66.7 Å². The van der Waals surface area contributed by atoms with Gasteiger partial charge in [0.25, 0.3) is 11.5 Å². The Labute approximate surface area is 162 Å². The molecule has 0 aliphatic heterocycles. The monoisotopic (exact) mass is 369 g/mol. The van der Waals surface area contributed by atoms with Crippen LogP contribution in [-0.4, -0.2) is 22.5 Å². The summed E-state index contributed by atoms with van der Waals surface area (Å²) >= 11 is 0. The maximum absolute atomic E-state index is 13.2. The summed E-state index contributed by atoms with van der Waals surface area (Å²) in [5.74, 6) is -0.344. The van der Waals surface area contributed by atoms with Crippen molar-refractivity contribution in [3.8, 4) is 0 Å². The van der Waals surface area contributed by atoms with Gasteiger partial charge in [-0.1, -0.05) is 48.5 Å². The van der Waals surface area contributed by atoms with Crippen molar-refractivity contribution in [1.82, 2.24) is 9.55 Å². The summed E-state index contributed by atoms with van der Waals surface area (Å²) in [7, 11) is 1.67. The lowest BCUT2D eigenvalue weighted by atomic mass is 10.1. The Bertz CT molecular complexity index is 1180. The van der Waals surface area contributed by atoms with Crippen molar-refractivity contribution in [2.75, 3.05) is 11.9 Å². The van der Waals surface area contributed by atoms with Crippen LogP contribution in [0.4, 0.5) is 5.69 Å². The molecule has 0 saturated heterocycles. The van der Waals surface area contributed by atoms with E-state index in [1.54, 1.807) is 29.9 Å². The first-order chi connectivity index (χ1) is 13.6. The third-order valence-electron chi connectivity index (χ3n) is 4.71. The molecule has 0 aliphatic rings. The Morgan fingerprint density at radius 1 is 0.964 bits per heavy atom. The van der Waals surface area contributed by atoms with Crippen LogP contribution >= 0.6 is 0 Å². The Balaban J connectivity index is 1.84. The molecule has 0 radical (unpaired) electrons. The van der Waals surface area contributed by atoms with Crippen LogP contribution in [-0.2, 0) is 6.54 Å². The van der Waals surface area contributed by atoms with Crippen LogP contribution in [0.5, 0.6) is 0 Å². The van der Waals surface area contributed by atoms with E-state index in [9.17, 15) is 9.59 Å². The fourth-order valence-corrected chi connectivity index (χ4v) is 3.22. The van der Waals surface area contributed by atoms with E-state index in [2.05, 4.69) is 4.98 Å². The van der Waals surface area contributed by atoms with Crippen molar-refractivity contribution in [2.24, 2.45) is 0 Å². The van der Waals surface area contributed by atoms with Crippen LogP contribution in [0.25, 0.3) is 11.0 Å². The molecule has 0 saturated carbocycles. The Kier molecular flexibility index (Phi) is 4.72. The second kappa shape index (κ2) is 7.48. The highest BCUT2D eigenvalue weighted by Gasteiger charge is 2.20. The number of carbonyl (C=O) groups is 1. The largest absolute Gasteiger partial charge is 0.311 e. The van der Waals surface area contributed by atoms with E-state index >= 15 is 0 Å². The molecule has 0 atom stereocenters. The van der Waals surface area contributed by atoms with Crippen molar-refractivity contribution >= 4 is 22.6 Å². The molecule has 2 aromatic heterocycles. The third kappa shape index (κ3) is 3.30. The summed E-state index contributed by atoms with van der Waals surface area (Å²) in [5.41, 5.74) is 2.05. The van der Waals surface area contributed by atoms with E-state index in [0.717, 1.165) is 16.6 Å². The summed E-state index contributed by atoms with van der Waals surface area (Å²) in [6.07, 6.45) is 1.65. The summed E-state index contributed by atoms with van der Waals surface area (Å²) in [6.45, 7) is 0.351. The summed E-state index contributed by atoms with van der Waals surface area (Å²) in [5, 5.41) is 0.753. The quantitative estimate of drug-likeness (QED) is 0.551. The Morgan fingerprint density at radius 3 is 2.36 bits per heavy atom. The fraction of sp³-hybridized carbons (Fsp3) is 0.0870. The summed E-state index contributed by atoms with van der Waals surface area (Å²) < 4.78 is 1.57. The molecule has 0 fully saturated rings. The molecule has 5 heteroatoms. The lowest BCUT2D eigenvalue weighted by Gasteiger charge is -2.18. The molecule has 0 unspecified atom stereocenters. The van der Waals surface area contributed by atoms with E-state index in [-0.39, 0.29) is 17.0 Å². The first-order valence-corrected chi connectivity index (χ1v) is 9.01. The second-order valence-electron chi connectivity index (χ2n) is 6.55. The molecule has 1 amide bonds. The number of para-hydroxylation sites is 1. The summed E-state index contributed by atoms with van der Waals surface area (Å²) in [4.78, 5) is 32.2. The molecule has 0 aliphatic carbocycles. The Hall–Kier alpha value is -3.73. The first kappa shape index (κ1) is 17.7. The van der Waals surface area contributed by atoms with Crippen LogP contribution < -0.4 is 10.5 Å². The topological polar surface area (TPSA) is 55.2 Å². The number of benzene rings is 2. The number of anilines is 1. The molecule has 28 heavy (non-hydrogen) atoms. The minimum Gasteiger partial charge on any atom is -0.311 e. The number of aromatic nitrogens is 2. The first-order valence-electron chi connectivity index (χ1n) is 9.01. The van der Waals surface area contributed by atoms with Gasteiger partial charge < -0.3 is 4.90 Å². The van der Waals surface area contributed by atoms with Crippen LogP contribution in [0.15, 0.2) is 89.9 Å². The van der Waals surface area contributed by atoms with Crippen LogP contribution in [0.2, 0.25) is 0 Å². The van der Waals surface area contributed by atoms with Gasteiger partial charge in [0.15, 0.2) is 0 Å². The van der Waals surface area contributed by atoms with E-state index < -0.39 is 0 Å². The predicted molar refractivity (Wildman–Crippen MR) is 111 cm³/mol. The average molecular weight is 369 g/mol. The smallest absolute Gasteiger partial charge is 0.265 e. The van der Waals surface area contributed by atoms with Crippen molar-refractivity contribution in [1.29, 1.82) is 0 Å². The van der Waals surface area contributed by atoms with Crippen molar-refractivity contribution in [3.63, 3.8) is 0 Å². The zero-order chi connectivity index (χ0) is 19.5. The van der Waals surface area contributed by atoms with Crippen LogP contribution in [0.1, 0.15) is 15.9 Å². The molecule has 5 nitrogen and oxygen atoms in total. The number of amides is 1. The van der Waals surface area contributed by atoms with Crippen molar-refractivity contribution in [2.45, 2.75) is 6.54 Å². The standard InChI is InChI=1S/C23H19N3O2/c1-25(19-12-6-3-7-13-19)22(27)20-15-18-11-8-14-24-21(18)26(23(20)28)16-17-9-4-2-5-10-17/h2-15H,16H2,1H3. The van der Waals surface area contributed by atoms with Gasteiger partial charge in [-0.25, -0.2) is 4.98 Å². The van der Waals surface area contributed by atoms with Gasteiger partial charge in [0.1, 0.15) is 11.2 Å². The number of carbonyl (C=O) groups excluding carboxylic acids is 1. The fourth-order valence-electron chi connectivity index (χ4n) is 3.22. The van der Waals surface area contributed by atoms with Gasteiger partial charge in [-0.15, -0.1) is 0 Å². The highest BCUT2D eigenvalue weighted by molar-refractivity contribution is 6.06. The number of fused-ring (bicyclic) bond motifs is 1. The molecule has 0 spiro atoms. The van der Waals surface area contributed by atoms with E-state index in [1.165, 1.54) is 4.90 Å². The number of pyridine rings is 2. The maximum atomic E-state index is 13.2. The van der Waals surface area contributed by atoms with Crippen molar-refractivity contribution < 1.29 is 4.79 Å². The molecule has 4 rings (SSSR count). The molecule has 2 heterocycles. The van der Waals surface area contributed by atoms with E-state index in [4.69, 9.17) is 0 Å². The number of hydrogen-bond donors (Lipinski definition) is 0. The van der Waals surface area contributed by atoms with Crippen LogP contribution in [0.3, 0.4) is 0 Å². The van der Waals surface area contributed by atoms with Gasteiger partial charge in [-0.05, 0) is 35.9 Å². The normalized spacial score (nSPS) is 10.8. The zero-order valence-corrected chi connectivity index (χ0v) is 15.4. The summed E-state index contributed by atoms with van der Waals surface area (Å²) in [6, 6.07) is 24.2. The van der Waals surface area contributed by atoms with Gasteiger partial charge in [0, 0.05) is 24.3 Å². The highest BCUT2D eigenvalue weighted by Crippen LogP contribution is 2.17. The molecule has 2 aromatic carbocycles. The maximum Gasteiger partial charge on any atom is 0.265 e. The van der Waals surface area contributed by atoms with Gasteiger partial charge in [-0.2, -0.15) is 0 Å². The highest BCUT2D eigenvalue weighted by atomic mass is 16.2. The SMILES string of the molecule is CN(C(=O)c1cc2cccnc2n(Cc2ccccc2)c1=O)c1ccccc1. The van der Waals surface area contributed by atoms with Gasteiger partial charge in [-0.3, -0.25) is 14.2 Å². The number of hydrogen-bond acceptors (Lipinski definition) is 3. The molecular weight excluding hydrogens is 350 g/mol. The lowest BCUT2D eigenvalue weighted by Crippen LogP contribution is -2.35. The minimum absolute atomic E-state index is 0.128. The lowest BCUT2D eigenvalue weighted by molar-refractivity contribution is 0.0991. The predicted octanol–water partition coefficient (Wildman–Crippen LogP) is 3.72. The van der Waals surface area contributed by atoms with Crippen LogP contribution in [0, 0.1) is 0 Å². The number of nitrogens with zero attached hydrogens (tertiary/aromatic N) is 3. The Morgan fingerprint density at radius 2 is 1.64 bits per heavy atom. The zero-order valence-electron chi connectivity index (χ0n) is 15.4. The number of rotatable bonds is 4. The van der Waals surface area contributed by atoms with Crippen molar-refractivity contribution in [3.05, 3.63) is 107 Å². The van der Waals surface area contributed by atoms with Gasteiger partial charge in [0.2, 0.25) is 0 Å². The molecule has 4 aromatic rings. The average Bonchev–Trinajstić information content (AvgIpc) is 2.76. The second-order valence-corrected chi connectivity index (χ2v) is 6.55. The van der Waals surface area contributed by atoms with Gasteiger partial charge in [0.05, 0.1) is 6.54 Å². The van der Waals surface area contributed by atoms with Gasteiger partial charge >= 0.3 is 0 Å². The molecule has 0 N–H and O–H groups in total. The molecular formula is C23H19N3O2. The minimum atomic E-state index is -0.345. The molecule has 138 valence electrons. The molecule has 0 bridgehead atoms. The third-order valence-corrected chi connectivity index (χ3v) is 4.71.